The van der Waals surface area contributed by atoms with E-state index in [4.69, 9.17) is 9.47 Å². The number of sulfone groups is 1. The largest absolute Gasteiger partial charge is 0.352 e. The maximum Gasteiger partial charge on any atom is 0.178 e. The standard InChI is InChI=1S/C15H23NO4S/c1-3-19-15(20-4-2)11-16-13-9-10-21(17,18)14-8-6-5-7-12(13)14/h5-8,13,15-16H,3-4,9-11H2,1-2H3. The Morgan fingerprint density at radius 2 is 1.90 bits per heavy atom. The van der Waals surface area contributed by atoms with Crippen molar-refractivity contribution >= 4 is 9.84 Å². The van der Waals surface area contributed by atoms with Gasteiger partial charge in [0.25, 0.3) is 0 Å². The Hall–Kier alpha value is -0.950. The molecule has 5 nitrogen and oxygen atoms in total. The molecule has 1 heterocycles. The monoisotopic (exact) mass is 313 g/mol. The molecule has 1 aromatic carbocycles. The third-order valence-corrected chi connectivity index (χ3v) is 5.36. The minimum atomic E-state index is -3.14. The molecule has 0 bridgehead atoms. The predicted octanol–water partition coefficient (Wildman–Crippen LogP) is 1.89. The fourth-order valence-electron chi connectivity index (χ4n) is 2.58. The first kappa shape index (κ1) is 16.4. The second kappa shape index (κ2) is 7.35. The highest BCUT2D eigenvalue weighted by Gasteiger charge is 2.30. The van der Waals surface area contributed by atoms with Crippen molar-refractivity contribution in [3.63, 3.8) is 0 Å². The summed E-state index contributed by atoms with van der Waals surface area (Å²) in [5.41, 5.74) is 0.843. The molecule has 2 rings (SSSR count). The lowest BCUT2D eigenvalue weighted by Gasteiger charge is -2.28. The van der Waals surface area contributed by atoms with Gasteiger partial charge in [0, 0.05) is 25.8 Å². The second-order valence-corrected chi connectivity index (χ2v) is 7.02. The summed E-state index contributed by atoms with van der Waals surface area (Å²) in [5.74, 6) is 0.176. The van der Waals surface area contributed by atoms with Crippen molar-refractivity contribution in [2.45, 2.75) is 37.5 Å². The topological polar surface area (TPSA) is 64.6 Å². The summed E-state index contributed by atoms with van der Waals surface area (Å²) < 4.78 is 35.2. The van der Waals surface area contributed by atoms with Crippen LogP contribution in [0.25, 0.3) is 0 Å². The predicted molar refractivity (Wildman–Crippen MR) is 80.9 cm³/mol. The van der Waals surface area contributed by atoms with Crippen molar-refractivity contribution in [1.29, 1.82) is 0 Å². The Morgan fingerprint density at radius 1 is 1.24 bits per heavy atom. The molecule has 0 aromatic heterocycles. The maximum absolute atomic E-state index is 12.1. The Kier molecular flexibility index (Phi) is 5.75. The van der Waals surface area contributed by atoms with E-state index in [0.717, 1.165) is 5.56 Å². The third kappa shape index (κ3) is 4.03. The number of nitrogens with one attached hydrogen (secondary N) is 1. The summed E-state index contributed by atoms with van der Waals surface area (Å²) in [6.07, 6.45) is 0.273. The van der Waals surface area contributed by atoms with Crippen LogP contribution in [-0.4, -0.2) is 40.2 Å². The molecule has 6 heteroatoms. The summed E-state index contributed by atoms with van der Waals surface area (Å²) in [4.78, 5) is 0.443. The SMILES string of the molecule is CCOC(CNC1CCS(=O)(=O)c2ccccc21)OCC. The van der Waals surface area contributed by atoms with Crippen molar-refractivity contribution < 1.29 is 17.9 Å². The Bertz CT molecular complexity index is 553. The minimum Gasteiger partial charge on any atom is -0.352 e. The zero-order chi connectivity index (χ0) is 15.3. The van der Waals surface area contributed by atoms with Crippen molar-refractivity contribution in [3.05, 3.63) is 29.8 Å². The van der Waals surface area contributed by atoms with E-state index in [1.54, 1.807) is 12.1 Å². The molecular formula is C15H23NO4S. The Balaban J connectivity index is 2.08. The highest BCUT2D eigenvalue weighted by Crippen LogP contribution is 2.31. The normalized spacial score (nSPS) is 20.4. The first-order chi connectivity index (χ1) is 10.1. The number of rotatable bonds is 7. The van der Waals surface area contributed by atoms with Crippen molar-refractivity contribution in [2.75, 3.05) is 25.5 Å². The van der Waals surface area contributed by atoms with Crippen LogP contribution in [0.1, 0.15) is 31.9 Å². The maximum atomic E-state index is 12.1. The molecule has 1 N–H and O–H groups in total. The smallest absolute Gasteiger partial charge is 0.178 e. The average molecular weight is 313 g/mol. The molecule has 0 radical (unpaired) electrons. The van der Waals surface area contributed by atoms with Crippen molar-refractivity contribution in [3.8, 4) is 0 Å². The van der Waals surface area contributed by atoms with E-state index >= 15 is 0 Å². The van der Waals surface area contributed by atoms with Gasteiger partial charge in [-0.05, 0) is 31.9 Å². The van der Waals surface area contributed by atoms with Gasteiger partial charge in [0.05, 0.1) is 10.6 Å². The first-order valence-electron chi connectivity index (χ1n) is 7.36. The Labute approximate surface area is 126 Å². The molecule has 1 aromatic rings. The quantitative estimate of drug-likeness (QED) is 0.779. The van der Waals surface area contributed by atoms with Gasteiger partial charge in [0.2, 0.25) is 0 Å². The van der Waals surface area contributed by atoms with Gasteiger partial charge in [0.1, 0.15) is 0 Å². The molecule has 0 amide bonds. The molecule has 1 aliphatic heterocycles. The summed E-state index contributed by atoms with van der Waals surface area (Å²) in [7, 11) is -3.14. The summed E-state index contributed by atoms with van der Waals surface area (Å²) in [5, 5.41) is 3.37. The summed E-state index contributed by atoms with van der Waals surface area (Å²) >= 11 is 0. The van der Waals surface area contributed by atoms with Gasteiger partial charge in [-0.3, -0.25) is 0 Å². The van der Waals surface area contributed by atoms with E-state index in [1.165, 1.54) is 0 Å². The van der Waals surface area contributed by atoms with Crippen LogP contribution in [0.5, 0.6) is 0 Å². The molecule has 0 aliphatic carbocycles. The van der Waals surface area contributed by atoms with Crippen molar-refractivity contribution in [1.82, 2.24) is 5.32 Å². The summed E-state index contributed by atoms with van der Waals surface area (Å²) in [6.45, 7) is 5.56. The van der Waals surface area contributed by atoms with Gasteiger partial charge in [-0.1, -0.05) is 18.2 Å². The molecule has 1 atom stereocenters. The lowest BCUT2D eigenvalue weighted by atomic mass is 10.0. The van der Waals surface area contributed by atoms with Gasteiger partial charge >= 0.3 is 0 Å². The number of fused-ring (bicyclic) bond motifs is 1. The Morgan fingerprint density at radius 3 is 2.57 bits per heavy atom. The highest BCUT2D eigenvalue weighted by molar-refractivity contribution is 7.91. The summed E-state index contributed by atoms with van der Waals surface area (Å²) in [6, 6.07) is 7.22. The number of hydrogen-bond acceptors (Lipinski definition) is 5. The number of ether oxygens (including phenoxy) is 2. The van der Waals surface area contributed by atoms with E-state index in [1.807, 2.05) is 26.0 Å². The average Bonchev–Trinajstić information content (AvgIpc) is 2.47. The number of hydrogen-bond donors (Lipinski definition) is 1. The molecule has 1 unspecified atom stereocenters. The van der Waals surface area contributed by atoms with E-state index < -0.39 is 9.84 Å². The molecule has 0 saturated carbocycles. The molecule has 0 spiro atoms. The minimum absolute atomic E-state index is 0.0214. The fourth-order valence-corrected chi connectivity index (χ4v) is 4.20. The van der Waals surface area contributed by atoms with Crippen LogP contribution in [0.15, 0.2) is 29.2 Å². The fraction of sp³-hybridized carbons (Fsp3) is 0.600. The van der Waals surface area contributed by atoms with Crippen LogP contribution >= 0.6 is 0 Å². The van der Waals surface area contributed by atoms with Crippen molar-refractivity contribution in [2.24, 2.45) is 0 Å². The van der Waals surface area contributed by atoms with Crippen LogP contribution < -0.4 is 5.32 Å². The first-order valence-corrected chi connectivity index (χ1v) is 9.02. The second-order valence-electron chi connectivity index (χ2n) is 4.95. The zero-order valence-electron chi connectivity index (χ0n) is 12.5. The molecule has 1 aliphatic rings. The van der Waals surface area contributed by atoms with E-state index in [9.17, 15) is 8.42 Å². The molecular weight excluding hydrogens is 290 g/mol. The zero-order valence-corrected chi connectivity index (χ0v) is 13.4. The highest BCUT2D eigenvalue weighted by atomic mass is 32.2. The molecule has 0 fully saturated rings. The van der Waals surface area contributed by atoms with E-state index in [2.05, 4.69) is 5.32 Å². The van der Waals surface area contributed by atoms with Crippen LogP contribution in [0.4, 0.5) is 0 Å². The van der Waals surface area contributed by atoms with Crippen LogP contribution in [0.3, 0.4) is 0 Å². The molecule has 0 saturated heterocycles. The van der Waals surface area contributed by atoms with Gasteiger partial charge in [-0.15, -0.1) is 0 Å². The van der Waals surface area contributed by atoms with Gasteiger partial charge in [0.15, 0.2) is 16.1 Å². The lowest BCUT2D eigenvalue weighted by Crippen LogP contribution is -2.37. The molecule has 21 heavy (non-hydrogen) atoms. The van der Waals surface area contributed by atoms with E-state index in [0.29, 0.717) is 31.1 Å². The van der Waals surface area contributed by atoms with Gasteiger partial charge in [-0.25, -0.2) is 8.42 Å². The lowest BCUT2D eigenvalue weighted by molar-refractivity contribution is -0.133. The molecule has 118 valence electrons. The van der Waals surface area contributed by atoms with Crippen LogP contribution in [-0.2, 0) is 19.3 Å². The van der Waals surface area contributed by atoms with E-state index in [-0.39, 0.29) is 18.1 Å². The third-order valence-electron chi connectivity index (χ3n) is 3.54. The number of benzene rings is 1. The van der Waals surface area contributed by atoms with Gasteiger partial charge in [-0.2, -0.15) is 0 Å². The van der Waals surface area contributed by atoms with Crippen LogP contribution in [0.2, 0.25) is 0 Å². The van der Waals surface area contributed by atoms with Gasteiger partial charge < -0.3 is 14.8 Å². The van der Waals surface area contributed by atoms with Crippen LogP contribution in [0, 0.1) is 0 Å².